The van der Waals surface area contributed by atoms with E-state index in [0.29, 0.717) is 16.8 Å². The van der Waals surface area contributed by atoms with Crippen LogP contribution in [0.3, 0.4) is 0 Å². The molecule has 0 aliphatic carbocycles. The van der Waals surface area contributed by atoms with Crippen molar-refractivity contribution in [2.45, 2.75) is 37.0 Å². The zero-order valence-corrected chi connectivity index (χ0v) is 15.9. The molecule has 2 aliphatic rings. The Morgan fingerprint density at radius 1 is 1.08 bits per heavy atom. The van der Waals surface area contributed by atoms with Crippen LogP contribution < -0.4 is 0 Å². The van der Waals surface area contributed by atoms with E-state index in [4.69, 9.17) is 0 Å². The minimum absolute atomic E-state index is 0.0556. The number of carbonyl (C=O) groups is 1. The lowest BCUT2D eigenvalue weighted by atomic mass is 9.95. The normalized spacial score (nSPS) is 18.6. The van der Waals surface area contributed by atoms with Gasteiger partial charge < -0.3 is 4.90 Å². The van der Waals surface area contributed by atoms with Crippen molar-refractivity contribution in [3.8, 4) is 0 Å². The van der Waals surface area contributed by atoms with Crippen LogP contribution in [0.2, 0.25) is 0 Å². The maximum atomic E-state index is 12.7. The second-order valence-corrected chi connectivity index (χ2v) is 7.74. The first-order valence-electron chi connectivity index (χ1n) is 9.21. The highest BCUT2D eigenvalue weighted by Crippen LogP contribution is 2.25. The molecule has 0 saturated carbocycles. The van der Waals surface area contributed by atoms with E-state index >= 15 is 0 Å². The fourth-order valence-corrected chi connectivity index (χ4v) is 4.29. The summed E-state index contributed by atoms with van der Waals surface area (Å²) >= 11 is 1.48. The number of likely N-dealkylation sites (tertiary alicyclic amines) is 1. The molecule has 136 valence electrons. The van der Waals surface area contributed by atoms with Gasteiger partial charge in [-0.2, -0.15) is 0 Å². The molecule has 26 heavy (non-hydrogen) atoms. The van der Waals surface area contributed by atoms with Crippen LogP contribution in [0.1, 0.15) is 34.3 Å². The Balaban J connectivity index is 1.34. The highest BCUT2D eigenvalue weighted by molar-refractivity contribution is 7.98. The largest absolute Gasteiger partial charge is 0.338 e. The lowest BCUT2D eigenvalue weighted by Gasteiger charge is -2.40. The summed E-state index contributed by atoms with van der Waals surface area (Å²) in [4.78, 5) is 25.7. The van der Waals surface area contributed by atoms with Gasteiger partial charge in [-0.15, -0.1) is 0 Å². The summed E-state index contributed by atoms with van der Waals surface area (Å²) in [6, 6.07) is 9.33. The second-order valence-electron chi connectivity index (χ2n) is 6.97. The Bertz CT molecular complexity index is 772. The van der Waals surface area contributed by atoms with Crippen LogP contribution in [0, 0.1) is 0 Å². The molecule has 2 aromatic rings. The Kier molecular flexibility index (Phi) is 5.22. The smallest absolute Gasteiger partial charge is 0.256 e. The monoisotopic (exact) mass is 368 g/mol. The van der Waals surface area contributed by atoms with Crippen molar-refractivity contribution in [2.24, 2.45) is 0 Å². The number of benzene rings is 1. The van der Waals surface area contributed by atoms with Gasteiger partial charge in [-0.1, -0.05) is 36.0 Å². The maximum absolute atomic E-state index is 12.7. The van der Waals surface area contributed by atoms with Crippen molar-refractivity contribution in [2.75, 3.05) is 25.9 Å². The van der Waals surface area contributed by atoms with Crippen LogP contribution in [0.5, 0.6) is 0 Å². The third-order valence-corrected chi connectivity index (χ3v) is 6.06. The summed E-state index contributed by atoms with van der Waals surface area (Å²) in [5.41, 5.74) is 3.54. The molecule has 0 atom stereocenters. The van der Waals surface area contributed by atoms with E-state index in [1.54, 1.807) is 12.4 Å². The molecule has 0 unspecified atom stereocenters. The van der Waals surface area contributed by atoms with Crippen molar-refractivity contribution < 1.29 is 4.79 Å². The van der Waals surface area contributed by atoms with E-state index in [-0.39, 0.29) is 5.91 Å². The Morgan fingerprint density at radius 2 is 1.77 bits per heavy atom. The number of thioether (sulfide) groups is 1. The van der Waals surface area contributed by atoms with Crippen molar-refractivity contribution in [1.29, 1.82) is 0 Å². The van der Waals surface area contributed by atoms with Crippen molar-refractivity contribution >= 4 is 17.7 Å². The first-order chi connectivity index (χ1) is 12.7. The van der Waals surface area contributed by atoms with Gasteiger partial charge in [0, 0.05) is 44.6 Å². The van der Waals surface area contributed by atoms with Gasteiger partial charge in [0.25, 0.3) is 5.91 Å². The van der Waals surface area contributed by atoms with Gasteiger partial charge in [0.2, 0.25) is 0 Å². The first-order valence-corrected chi connectivity index (χ1v) is 10.4. The molecule has 1 fully saturated rings. The average Bonchev–Trinajstić information content (AvgIpc) is 2.73. The van der Waals surface area contributed by atoms with Crippen LogP contribution in [0.15, 0.2) is 41.8 Å². The van der Waals surface area contributed by atoms with Gasteiger partial charge in [0.1, 0.15) is 0 Å². The van der Waals surface area contributed by atoms with Crippen molar-refractivity contribution in [3.63, 3.8) is 0 Å². The molecule has 2 aliphatic heterocycles. The summed E-state index contributed by atoms with van der Waals surface area (Å²) in [6.45, 7) is 3.79. The van der Waals surface area contributed by atoms with Crippen LogP contribution >= 0.6 is 11.8 Å². The number of hydrogen-bond donors (Lipinski definition) is 0. The zero-order valence-electron chi connectivity index (χ0n) is 15.1. The van der Waals surface area contributed by atoms with E-state index in [1.807, 2.05) is 11.2 Å². The van der Waals surface area contributed by atoms with Gasteiger partial charge in [-0.3, -0.25) is 9.69 Å². The summed E-state index contributed by atoms with van der Waals surface area (Å²) in [5, 5.41) is 0.700. The van der Waals surface area contributed by atoms with E-state index in [2.05, 4.69) is 39.1 Å². The summed E-state index contributed by atoms with van der Waals surface area (Å²) in [5.74, 6) is 0.0556. The summed E-state index contributed by atoms with van der Waals surface area (Å²) < 4.78 is 0. The third-order valence-electron chi connectivity index (χ3n) is 5.49. The highest BCUT2D eigenvalue weighted by Gasteiger charge is 2.29. The fraction of sp³-hybridized carbons (Fsp3) is 0.450. The molecule has 0 N–H and O–H groups in total. The summed E-state index contributed by atoms with van der Waals surface area (Å²) in [7, 11) is 0. The molecule has 0 radical (unpaired) electrons. The Labute approximate surface area is 158 Å². The van der Waals surface area contributed by atoms with Crippen LogP contribution in [0.4, 0.5) is 0 Å². The van der Waals surface area contributed by atoms with Crippen molar-refractivity contribution in [3.05, 3.63) is 53.3 Å². The molecule has 4 rings (SSSR count). The van der Waals surface area contributed by atoms with Gasteiger partial charge >= 0.3 is 0 Å². The number of carbonyl (C=O) groups excluding carboxylic acids is 1. The topological polar surface area (TPSA) is 49.3 Å². The Morgan fingerprint density at radius 3 is 2.46 bits per heavy atom. The number of nitrogens with zero attached hydrogens (tertiary/aromatic N) is 4. The molecule has 1 amide bonds. The minimum atomic E-state index is 0.0556. The lowest BCUT2D eigenvalue weighted by Crippen LogP contribution is -2.48. The van der Waals surface area contributed by atoms with Crippen molar-refractivity contribution in [1.82, 2.24) is 19.8 Å². The number of rotatable bonds is 3. The molecular formula is C20H24N4OS. The number of amides is 1. The van der Waals surface area contributed by atoms with Gasteiger partial charge in [0.15, 0.2) is 5.16 Å². The standard InChI is InChI=1S/C20H24N4OS/c1-26-20-21-12-17(13-22-20)19(25)23-10-7-18(8-11-23)24-9-6-15-4-2-3-5-16(15)14-24/h2-5,12-13,18H,6-11,14H2,1H3. The molecule has 6 heteroatoms. The molecule has 1 aromatic carbocycles. The molecule has 1 saturated heterocycles. The fourth-order valence-electron chi connectivity index (χ4n) is 3.98. The van der Waals surface area contributed by atoms with E-state index < -0.39 is 0 Å². The number of piperidine rings is 1. The molecule has 3 heterocycles. The Hall–Kier alpha value is -1.92. The zero-order chi connectivity index (χ0) is 17.9. The first kappa shape index (κ1) is 17.5. The van der Waals surface area contributed by atoms with E-state index in [0.717, 1.165) is 45.4 Å². The van der Waals surface area contributed by atoms with Crippen LogP contribution in [-0.4, -0.2) is 57.6 Å². The predicted molar refractivity (Wildman–Crippen MR) is 103 cm³/mol. The third kappa shape index (κ3) is 3.62. The van der Waals surface area contributed by atoms with E-state index in [1.165, 1.54) is 22.9 Å². The van der Waals surface area contributed by atoms with Gasteiger partial charge in [-0.25, -0.2) is 9.97 Å². The quantitative estimate of drug-likeness (QED) is 0.616. The summed E-state index contributed by atoms with van der Waals surface area (Å²) in [6.07, 6.45) is 8.44. The molecular weight excluding hydrogens is 344 g/mol. The number of aromatic nitrogens is 2. The predicted octanol–water partition coefficient (Wildman–Crippen LogP) is 2.86. The highest BCUT2D eigenvalue weighted by atomic mass is 32.2. The lowest BCUT2D eigenvalue weighted by molar-refractivity contribution is 0.0598. The molecule has 0 spiro atoms. The SMILES string of the molecule is CSc1ncc(C(=O)N2CCC(N3CCc4ccccc4C3)CC2)cn1. The molecule has 5 nitrogen and oxygen atoms in total. The number of fused-ring (bicyclic) bond motifs is 1. The molecule has 0 bridgehead atoms. The van der Waals surface area contributed by atoms with Gasteiger partial charge in [0.05, 0.1) is 5.56 Å². The van der Waals surface area contributed by atoms with Gasteiger partial charge in [-0.05, 0) is 36.6 Å². The average molecular weight is 369 g/mol. The minimum Gasteiger partial charge on any atom is -0.338 e. The van der Waals surface area contributed by atoms with E-state index in [9.17, 15) is 4.79 Å². The van der Waals surface area contributed by atoms with Crippen LogP contribution in [0.25, 0.3) is 0 Å². The van der Waals surface area contributed by atoms with Crippen LogP contribution in [-0.2, 0) is 13.0 Å². The number of hydrogen-bond acceptors (Lipinski definition) is 5. The molecule has 1 aromatic heterocycles. The second kappa shape index (κ2) is 7.76. The maximum Gasteiger partial charge on any atom is 0.256 e.